The zero-order valence-electron chi connectivity index (χ0n) is 14.8. The number of amides is 1. The highest BCUT2D eigenvalue weighted by atomic mass is 16.5. The molecule has 1 N–H and O–H groups in total. The number of nitrogens with zero attached hydrogens (tertiary/aromatic N) is 1. The van der Waals surface area contributed by atoms with E-state index in [1.165, 1.54) is 57.7 Å². The number of anilines is 1. The molecular weight excluding hydrogens is 356 g/mol. The van der Waals surface area contributed by atoms with Gasteiger partial charge in [0, 0.05) is 0 Å². The normalized spacial score (nSPS) is 9.89. The molecule has 0 aliphatic rings. The van der Waals surface area contributed by atoms with Crippen molar-refractivity contribution < 1.29 is 33.4 Å². The summed E-state index contributed by atoms with van der Waals surface area (Å²) in [7, 11) is 3.58. The molecule has 0 fully saturated rings. The zero-order valence-corrected chi connectivity index (χ0v) is 14.8. The molecule has 1 aromatic carbocycles. The van der Waals surface area contributed by atoms with Gasteiger partial charge < -0.3 is 19.5 Å². The smallest absolute Gasteiger partial charge is 0.356 e. The number of aromatic nitrogens is 1. The van der Waals surface area contributed by atoms with E-state index in [1.54, 1.807) is 0 Å². The Morgan fingerprint density at radius 1 is 0.815 bits per heavy atom. The summed E-state index contributed by atoms with van der Waals surface area (Å²) in [6.07, 6.45) is 0. The summed E-state index contributed by atoms with van der Waals surface area (Å²) in [5.74, 6) is -2.76. The molecule has 0 radical (unpaired) electrons. The molecule has 0 spiro atoms. The van der Waals surface area contributed by atoms with Gasteiger partial charge in [-0.1, -0.05) is 6.07 Å². The molecule has 0 atom stereocenters. The first-order chi connectivity index (χ1) is 12.9. The summed E-state index contributed by atoms with van der Waals surface area (Å²) in [5.41, 5.74) is 0.0400. The maximum atomic E-state index is 12.5. The van der Waals surface area contributed by atoms with Crippen LogP contribution in [0.1, 0.15) is 41.7 Å². The van der Waals surface area contributed by atoms with Gasteiger partial charge in [-0.3, -0.25) is 4.79 Å². The first kappa shape index (κ1) is 19.6. The second kappa shape index (κ2) is 8.56. The SMILES string of the molecule is COC(=O)c1ccc(C(=O)OC)c(NC(=O)c2cccc(C(=O)OC)n2)c1. The van der Waals surface area contributed by atoms with Crippen LogP contribution in [0.4, 0.5) is 5.69 Å². The molecule has 2 aromatic rings. The molecule has 0 bridgehead atoms. The number of ether oxygens (including phenoxy) is 3. The molecule has 1 amide bonds. The van der Waals surface area contributed by atoms with Crippen molar-refractivity contribution in [1.29, 1.82) is 0 Å². The number of nitrogens with one attached hydrogen (secondary N) is 1. The van der Waals surface area contributed by atoms with Gasteiger partial charge in [0.2, 0.25) is 0 Å². The molecule has 140 valence electrons. The number of methoxy groups -OCH3 is 3. The van der Waals surface area contributed by atoms with Gasteiger partial charge in [0.25, 0.3) is 5.91 Å². The average molecular weight is 372 g/mol. The topological polar surface area (TPSA) is 121 Å². The van der Waals surface area contributed by atoms with Crippen molar-refractivity contribution in [3.63, 3.8) is 0 Å². The van der Waals surface area contributed by atoms with E-state index in [2.05, 4.69) is 24.5 Å². The minimum atomic E-state index is -0.710. The van der Waals surface area contributed by atoms with Gasteiger partial charge in [-0.2, -0.15) is 0 Å². The summed E-state index contributed by atoms with van der Waals surface area (Å²) >= 11 is 0. The van der Waals surface area contributed by atoms with Gasteiger partial charge in [-0.25, -0.2) is 19.4 Å². The van der Waals surface area contributed by atoms with Crippen molar-refractivity contribution >= 4 is 29.5 Å². The molecule has 2 rings (SSSR count). The van der Waals surface area contributed by atoms with Crippen LogP contribution in [0.2, 0.25) is 0 Å². The van der Waals surface area contributed by atoms with Crippen LogP contribution in [0.25, 0.3) is 0 Å². The van der Waals surface area contributed by atoms with Crippen molar-refractivity contribution in [3.05, 3.63) is 58.9 Å². The van der Waals surface area contributed by atoms with Gasteiger partial charge in [0.1, 0.15) is 11.4 Å². The third-order valence-corrected chi connectivity index (χ3v) is 3.47. The summed E-state index contributed by atoms with van der Waals surface area (Å²) in [6.45, 7) is 0. The average Bonchev–Trinajstić information content (AvgIpc) is 2.71. The Labute approximate surface area is 154 Å². The second-order valence-electron chi connectivity index (χ2n) is 5.10. The highest BCUT2D eigenvalue weighted by Crippen LogP contribution is 2.20. The van der Waals surface area contributed by atoms with E-state index in [4.69, 9.17) is 0 Å². The summed E-state index contributed by atoms with van der Waals surface area (Å²) < 4.78 is 13.9. The van der Waals surface area contributed by atoms with Crippen LogP contribution in [0.5, 0.6) is 0 Å². The molecule has 0 saturated heterocycles. The monoisotopic (exact) mass is 372 g/mol. The van der Waals surface area contributed by atoms with Crippen LogP contribution >= 0.6 is 0 Å². The largest absolute Gasteiger partial charge is 0.465 e. The Kier molecular flexibility index (Phi) is 6.21. The fourth-order valence-corrected chi connectivity index (χ4v) is 2.15. The third kappa shape index (κ3) is 4.46. The molecule has 9 nitrogen and oxygen atoms in total. The lowest BCUT2D eigenvalue weighted by Crippen LogP contribution is -2.18. The number of pyridine rings is 1. The number of hydrogen-bond acceptors (Lipinski definition) is 8. The van der Waals surface area contributed by atoms with Crippen LogP contribution in [0.3, 0.4) is 0 Å². The van der Waals surface area contributed by atoms with Crippen molar-refractivity contribution in [1.82, 2.24) is 4.98 Å². The van der Waals surface area contributed by atoms with E-state index < -0.39 is 23.8 Å². The van der Waals surface area contributed by atoms with Crippen LogP contribution in [-0.4, -0.2) is 50.1 Å². The van der Waals surface area contributed by atoms with Crippen molar-refractivity contribution in [3.8, 4) is 0 Å². The number of carbonyl (C=O) groups excluding carboxylic acids is 4. The maximum Gasteiger partial charge on any atom is 0.356 e. The second-order valence-corrected chi connectivity index (χ2v) is 5.10. The van der Waals surface area contributed by atoms with E-state index >= 15 is 0 Å². The van der Waals surface area contributed by atoms with E-state index in [9.17, 15) is 19.2 Å². The Balaban J connectivity index is 2.39. The molecule has 0 aliphatic heterocycles. The number of esters is 3. The fraction of sp³-hybridized carbons (Fsp3) is 0.167. The van der Waals surface area contributed by atoms with Gasteiger partial charge in [-0.05, 0) is 30.3 Å². The minimum absolute atomic E-state index is 0.0278. The lowest BCUT2D eigenvalue weighted by atomic mass is 10.1. The molecule has 9 heteroatoms. The lowest BCUT2D eigenvalue weighted by molar-refractivity contribution is 0.0587. The molecule has 27 heavy (non-hydrogen) atoms. The number of hydrogen-bond donors (Lipinski definition) is 1. The number of rotatable bonds is 5. The standard InChI is InChI=1S/C18H16N2O7/c1-25-16(22)10-7-8-11(17(23)26-2)14(9-10)20-15(21)12-5-4-6-13(19-12)18(24)27-3/h4-9H,1-3H3,(H,20,21). The fourth-order valence-electron chi connectivity index (χ4n) is 2.15. The van der Waals surface area contributed by atoms with Crippen LogP contribution in [0.15, 0.2) is 36.4 Å². The summed E-state index contributed by atoms with van der Waals surface area (Å²) in [5, 5.41) is 2.48. The van der Waals surface area contributed by atoms with E-state index in [-0.39, 0.29) is 28.2 Å². The first-order valence-electron chi connectivity index (χ1n) is 7.58. The first-order valence-corrected chi connectivity index (χ1v) is 7.58. The Bertz CT molecular complexity index is 908. The summed E-state index contributed by atoms with van der Waals surface area (Å²) in [6, 6.07) is 8.19. The Morgan fingerprint density at radius 3 is 2.07 bits per heavy atom. The molecule has 0 aliphatic carbocycles. The number of carbonyl (C=O) groups is 4. The van der Waals surface area contributed by atoms with Gasteiger partial charge >= 0.3 is 17.9 Å². The third-order valence-electron chi connectivity index (χ3n) is 3.47. The van der Waals surface area contributed by atoms with Gasteiger partial charge in [0.15, 0.2) is 0 Å². The Hall–Kier alpha value is -3.75. The van der Waals surface area contributed by atoms with Crippen molar-refractivity contribution in [2.24, 2.45) is 0 Å². The molecular formula is C18H16N2O7. The van der Waals surface area contributed by atoms with Crippen LogP contribution in [-0.2, 0) is 14.2 Å². The highest BCUT2D eigenvalue weighted by molar-refractivity contribution is 6.08. The van der Waals surface area contributed by atoms with Crippen molar-refractivity contribution in [2.45, 2.75) is 0 Å². The van der Waals surface area contributed by atoms with E-state index in [1.807, 2.05) is 0 Å². The highest BCUT2D eigenvalue weighted by Gasteiger charge is 2.19. The van der Waals surface area contributed by atoms with Gasteiger partial charge in [-0.15, -0.1) is 0 Å². The Morgan fingerprint density at radius 2 is 1.44 bits per heavy atom. The minimum Gasteiger partial charge on any atom is -0.465 e. The molecule has 0 unspecified atom stereocenters. The lowest BCUT2D eigenvalue weighted by Gasteiger charge is -2.11. The predicted molar refractivity (Wildman–Crippen MR) is 92.7 cm³/mol. The zero-order chi connectivity index (χ0) is 20.0. The number of benzene rings is 1. The van der Waals surface area contributed by atoms with E-state index in [0.717, 1.165) is 0 Å². The predicted octanol–water partition coefficient (Wildman–Crippen LogP) is 1.69. The summed E-state index contributed by atoms with van der Waals surface area (Å²) in [4.78, 5) is 51.6. The van der Waals surface area contributed by atoms with Crippen LogP contribution < -0.4 is 5.32 Å². The molecule has 1 heterocycles. The van der Waals surface area contributed by atoms with Crippen LogP contribution in [0, 0.1) is 0 Å². The maximum absolute atomic E-state index is 12.5. The molecule has 0 saturated carbocycles. The molecule has 1 aromatic heterocycles. The van der Waals surface area contributed by atoms with E-state index in [0.29, 0.717) is 0 Å². The quantitative estimate of drug-likeness (QED) is 0.622. The van der Waals surface area contributed by atoms with Gasteiger partial charge in [0.05, 0.1) is 38.1 Å². The van der Waals surface area contributed by atoms with Crippen molar-refractivity contribution in [2.75, 3.05) is 26.6 Å².